The SMILES string of the molecule is CCCCc1ccc(CC(=O)N(C)Cc2ccc(C(=O)NC)cc2)cc1. The van der Waals surface area contributed by atoms with Gasteiger partial charge in [-0.05, 0) is 41.7 Å². The molecule has 2 amide bonds. The van der Waals surface area contributed by atoms with E-state index in [1.54, 1.807) is 24.1 Å². The van der Waals surface area contributed by atoms with Gasteiger partial charge in [-0.15, -0.1) is 0 Å². The van der Waals surface area contributed by atoms with Crippen LogP contribution in [0.5, 0.6) is 0 Å². The fourth-order valence-electron chi connectivity index (χ4n) is 2.78. The third kappa shape index (κ3) is 5.73. The molecule has 0 bridgehead atoms. The molecule has 0 aromatic heterocycles. The van der Waals surface area contributed by atoms with Gasteiger partial charge in [-0.1, -0.05) is 49.7 Å². The summed E-state index contributed by atoms with van der Waals surface area (Å²) in [5, 5.41) is 2.60. The van der Waals surface area contributed by atoms with Crippen LogP contribution in [-0.2, 0) is 24.2 Å². The minimum Gasteiger partial charge on any atom is -0.355 e. The van der Waals surface area contributed by atoms with Gasteiger partial charge in [0, 0.05) is 26.2 Å². The summed E-state index contributed by atoms with van der Waals surface area (Å²) in [7, 11) is 3.42. The second kappa shape index (κ2) is 9.76. The summed E-state index contributed by atoms with van der Waals surface area (Å²) in [5.41, 5.74) is 3.99. The molecule has 1 N–H and O–H groups in total. The molecule has 2 aromatic rings. The van der Waals surface area contributed by atoms with Crippen molar-refractivity contribution in [1.29, 1.82) is 0 Å². The standard InChI is InChI=1S/C22H28N2O2/c1-4-5-6-17-7-9-18(10-8-17)15-21(25)24(3)16-19-11-13-20(14-12-19)22(26)23-2/h7-14H,4-6,15-16H2,1-3H3,(H,23,26). The highest BCUT2D eigenvalue weighted by atomic mass is 16.2. The van der Waals surface area contributed by atoms with E-state index in [0.29, 0.717) is 18.5 Å². The van der Waals surface area contributed by atoms with Crippen LogP contribution in [0, 0.1) is 0 Å². The van der Waals surface area contributed by atoms with Crippen molar-refractivity contribution in [3.8, 4) is 0 Å². The Hall–Kier alpha value is -2.62. The van der Waals surface area contributed by atoms with E-state index < -0.39 is 0 Å². The molecule has 138 valence electrons. The van der Waals surface area contributed by atoms with Crippen LogP contribution in [0.15, 0.2) is 48.5 Å². The van der Waals surface area contributed by atoms with E-state index in [-0.39, 0.29) is 11.8 Å². The van der Waals surface area contributed by atoms with Crippen molar-refractivity contribution >= 4 is 11.8 Å². The minimum absolute atomic E-state index is 0.0849. The molecule has 0 unspecified atom stereocenters. The number of benzene rings is 2. The summed E-state index contributed by atoms with van der Waals surface area (Å²) in [6, 6.07) is 15.7. The van der Waals surface area contributed by atoms with E-state index in [2.05, 4.69) is 36.5 Å². The van der Waals surface area contributed by atoms with Gasteiger partial charge < -0.3 is 10.2 Å². The molecule has 0 aliphatic carbocycles. The minimum atomic E-state index is -0.108. The predicted molar refractivity (Wildman–Crippen MR) is 105 cm³/mol. The summed E-state index contributed by atoms with van der Waals surface area (Å²) in [6.07, 6.45) is 3.88. The molecule has 0 aliphatic heterocycles. The van der Waals surface area contributed by atoms with E-state index in [9.17, 15) is 9.59 Å². The van der Waals surface area contributed by atoms with Crippen molar-refractivity contribution in [2.24, 2.45) is 0 Å². The van der Waals surface area contributed by atoms with Crippen LogP contribution in [0.1, 0.15) is 46.8 Å². The molecule has 0 fully saturated rings. The summed E-state index contributed by atoms with van der Waals surface area (Å²) < 4.78 is 0. The lowest BCUT2D eigenvalue weighted by Crippen LogP contribution is -2.27. The molecule has 2 aromatic carbocycles. The van der Waals surface area contributed by atoms with Crippen LogP contribution >= 0.6 is 0 Å². The number of carbonyl (C=O) groups excluding carboxylic acids is 2. The zero-order valence-electron chi connectivity index (χ0n) is 15.9. The van der Waals surface area contributed by atoms with Gasteiger partial charge in [-0.25, -0.2) is 0 Å². The van der Waals surface area contributed by atoms with Crippen molar-refractivity contribution in [1.82, 2.24) is 10.2 Å². The molecule has 26 heavy (non-hydrogen) atoms. The number of nitrogens with one attached hydrogen (secondary N) is 1. The first-order chi connectivity index (χ1) is 12.5. The van der Waals surface area contributed by atoms with Crippen LogP contribution in [0.3, 0.4) is 0 Å². The number of amides is 2. The fourth-order valence-corrected chi connectivity index (χ4v) is 2.78. The highest BCUT2D eigenvalue weighted by molar-refractivity contribution is 5.93. The van der Waals surface area contributed by atoms with E-state index >= 15 is 0 Å². The lowest BCUT2D eigenvalue weighted by molar-refractivity contribution is -0.129. The summed E-state index contributed by atoms with van der Waals surface area (Å²) in [5.74, 6) is -0.0231. The molecule has 4 heteroatoms. The topological polar surface area (TPSA) is 49.4 Å². The Bertz CT molecular complexity index is 721. The Balaban J connectivity index is 1.89. The zero-order chi connectivity index (χ0) is 18.9. The van der Waals surface area contributed by atoms with Crippen LogP contribution in [0.2, 0.25) is 0 Å². The number of nitrogens with zero attached hydrogens (tertiary/aromatic N) is 1. The van der Waals surface area contributed by atoms with Gasteiger partial charge in [0.1, 0.15) is 0 Å². The maximum Gasteiger partial charge on any atom is 0.251 e. The van der Waals surface area contributed by atoms with Crippen LogP contribution in [0.25, 0.3) is 0 Å². The normalized spacial score (nSPS) is 10.4. The van der Waals surface area contributed by atoms with Gasteiger partial charge in [-0.3, -0.25) is 9.59 Å². The number of hydrogen-bond acceptors (Lipinski definition) is 2. The third-order valence-corrected chi connectivity index (χ3v) is 4.49. The largest absolute Gasteiger partial charge is 0.355 e. The zero-order valence-corrected chi connectivity index (χ0v) is 15.9. The molecule has 2 rings (SSSR count). The van der Waals surface area contributed by atoms with E-state index in [1.807, 2.05) is 19.2 Å². The van der Waals surface area contributed by atoms with E-state index in [4.69, 9.17) is 0 Å². The number of carbonyl (C=O) groups is 2. The summed E-state index contributed by atoms with van der Waals surface area (Å²) >= 11 is 0. The molecule has 4 nitrogen and oxygen atoms in total. The molecule has 0 atom stereocenters. The Morgan fingerprint density at radius 1 is 0.923 bits per heavy atom. The number of hydrogen-bond donors (Lipinski definition) is 1. The van der Waals surface area contributed by atoms with Crippen molar-refractivity contribution in [3.05, 3.63) is 70.8 Å². The Kier molecular flexibility index (Phi) is 7.39. The lowest BCUT2D eigenvalue weighted by atomic mass is 10.0. The molecular weight excluding hydrogens is 324 g/mol. The Morgan fingerprint density at radius 2 is 1.50 bits per heavy atom. The molecule has 0 aliphatic rings. The average molecular weight is 352 g/mol. The maximum atomic E-state index is 12.5. The smallest absolute Gasteiger partial charge is 0.251 e. The molecule has 0 heterocycles. The van der Waals surface area contributed by atoms with Gasteiger partial charge in [0.05, 0.1) is 6.42 Å². The van der Waals surface area contributed by atoms with Crippen molar-refractivity contribution < 1.29 is 9.59 Å². The van der Waals surface area contributed by atoms with Gasteiger partial charge in [0.15, 0.2) is 0 Å². The first-order valence-corrected chi connectivity index (χ1v) is 9.16. The quantitative estimate of drug-likeness (QED) is 0.789. The van der Waals surface area contributed by atoms with Gasteiger partial charge in [-0.2, -0.15) is 0 Å². The van der Waals surface area contributed by atoms with Crippen molar-refractivity contribution in [3.63, 3.8) is 0 Å². The lowest BCUT2D eigenvalue weighted by Gasteiger charge is -2.17. The number of unbranched alkanes of at least 4 members (excludes halogenated alkanes) is 1. The Labute approximate surface area is 156 Å². The second-order valence-electron chi connectivity index (χ2n) is 6.62. The first-order valence-electron chi connectivity index (χ1n) is 9.16. The third-order valence-electron chi connectivity index (χ3n) is 4.49. The molecular formula is C22H28N2O2. The van der Waals surface area contributed by atoms with Crippen LogP contribution in [-0.4, -0.2) is 30.8 Å². The molecule has 0 radical (unpaired) electrons. The van der Waals surface area contributed by atoms with Gasteiger partial charge in [0.2, 0.25) is 5.91 Å². The highest BCUT2D eigenvalue weighted by Gasteiger charge is 2.11. The van der Waals surface area contributed by atoms with Crippen molar-refractivity contribution in [2.75, 3.05) is 14.1 Å². The summed E-state index contributed by atoms with van der Waals surface area (Å²) in [4.78, 5) is 25.7. The number of rotatable bonds is 8. The van der Waals surface area contributed by atoms with E-state index in [1.165, 1.54) is 18.4 Å². The second-order valence-corrected chi connectivity index (χ2v) is 6.62. The van der Waals surface area contributed by atoms with Gasteiger partial charge >= 0.3 is 0 Å². The summed E-state index contributed by atoms with van der Waals surface area (Å²) in [6.45, 7) is 2.72. The van der Waals surface area contributed by atoms with E-state index in [0.717, 1.165) is 17.5 Å². The number of aryl methyl sites for hydroxylation is 1. The predicted octanol–water partition coefficient (Wildman–Crippen LogP) is 3.59. The van der Waals surface area contributed by atoms with Crippen LogP contribution in [0.4, 0.5) is 0 Å². The highest BCUT2D eigenvalue weighted by Crippen LogP contribution is 2.11. The fraction of sp³-hybridized carbons (Fsp3) is 0.364. The molecule has 0 saturated heterocycles. The molecule has 0 saturated carbocycles. The van der Waals surface area contributed by atoms with Crippen molar-refractivity contribution in [2.45, 2.75) is 39.2 Å². The molecule has 0 spiro atoms. The maximum absolute atomic E-state index is 12.5. The van der Waals surface area contributed by atoms with Gasteiger partial charge in [0.25, 0.3) is 5.91 Å². The first kappa shape index (κ1) is 19.7. The van der Waals surface area contributed by atoms with Crippen LogP contribution < -0.4 is 5.32 Å². The monoisotopic (exact) mass is 352 g/mol. The average Bonchev–Trinajstić information content (AvgIpc) is 2.67. The Morgan fingerprint density at radius 3 is 2.08 bits per heavy atom. The number of likely N-dealkylation sites (N-methyl/N-ethyl adjacent to an activating group) is 1.